The molecule has 0 bridgehead atoms. The van der Waals surface area contributed by atoms with E-state index in [9.17, 15) is 9.59 Å². The highest BCUT2D eigenvalue weighted by atomic mass is 35.5. The summed E-state index contributed by atoms with van der Waals surface area (Å²) in [5.74, 6) is 0.0499. The summed E-state index contributed by atoms with van der Waals surface area (Å²) in [7, 11) is 0. The topological polar surface area (TPSA) is 64.6 Å². The first-order valence-corrected chi connectivity index (χ1v) is 9.33. The maximum Gasteiger partial charge on any atom is 0.306 e. The molecule has 0 aromatic heterocycles. The van der Waals surface area contributed by atoms with Gasteiger partial charge in [0.1, 0.15) is 5.75 Å². The van der Waals surface area contributed by atoms with E-state index < -0.39 is 5.97 Å². The molecule has 0 heterocycles. The molecule has 0 spiro atoms. The van der Waals surface area contributed by atoms with Gasteiger partial charge < -0.3 is 14.8 Å². The van der Waals surface area contributed by atoms with Crippen LogP contribution in [0.3, 0.4) is 0 Å². The second kappa shape index (κ2) is 11.2. The second-order valence-electron chi connectivity index (χ2n) is 5.93. The third-order valence-electron chi connectivity index (χ3n) is 3.88. The molecule has 0 aliphatic carbocycles. The van der Waals surface area contributed by atoms with Crippen LogP contribution in [0.2, 0.25) is 5.02 Å². The third kappa shape index (κ3) is 7.71. The summed E-state index contributed by atoms with van der Waals surface area (Å²) in [5.41, 5.74) is 2.02. The number of ether oxygens (including phenoxy) is 2. The minimum absolute atomic E-state index is 0.197. The Bertz CT molecular complexity index is 746. The second-order valence-corrected chi connectivity index (χ2v) is 6.36. The quantitative estimate of drug-likeness (QED) is 0.631. The van der Waals surface area contributed by atoms with Crippen LogP contribution in [0.4, 0.5) is 0 Å². The summed E-state index contributed by atoms with van der Waals surface area (Å²) >= 11 is 5.83. The van der Waals surface area contributed by atoms with Crippen LogP contribution in [-0.4, -0.2) is 31.6 Å². The molecule has 6 heteroatoms. The predicted molar refractivity (Wildman–Crippen MR) is 105 cm³/mol. The zero-order valence-electron chi connectivity index (χ0n) is 15.4. The van der Waals surface area contributed by atoms with Gasteiger partial charge in [0.2, 0.25) is 0 Å². The lowest BCUT2D eigenvalue weighted by molar-refractivity contribution is -0.148. The van der Waals surface area contributed by atoms with Gasteiger partial charge in [0.25, 0.3) is 5.91 Å². The number of nitrogens with one attached hydrogen (secondary N) is 1. The van der Waals surface area contributed by atoms with Gasteiger partial charge in [0, 0.05) is 18.0 Å². The Morgan fingerprint density at radius 3 is 2.52 bits per heavy atom. The van der Waals surface area contributed by atoms with Gasteiger partial charge in [-0.2, -0.15) is 0 Å². The summed E-state index contributed by atoms with van der Waals surface area (Å²) in [6, 6.07) is 15.0. The van der Waals surface area contributed by atoms with Crippen molar-refractivity contribution in [2.75, 3.05) is 19.8 Å². The molecule has 2 aromatic rings. The van der Waals surface area contributed by atoms with E-state index in [4.69, 9.17) is 21.1 Å². The van der Waals surface area contributed by atoms with Crippen LogP contribution in [0.15, 0.2) is 48.5 Å². The highest BCUT2D eigenvalue weighted by Gasteiger charge is 2.10. The van der Waals surface area contributed by atoms with E-state index in [0.717, 1.165) is 16.9 Å². The Labute approximate surface area is 164 Å². The fraction of sp³-hybridized carbons (Fsp3) is 0.333. The lowest BCUT2D eigenvalue weighted by Gasteiger charge is -2.10. The van der Waals surface area contributed by atoms with E-state index in [-0.39, 0.29) is 18.9 Å². The zero-order chi connectivity index (χ0) is 19.5. The number of esters is 1. The fourth-order valence-corrected chi connectivity index (χ4v) is 2.64. The van der Waals surface area contributed by atoms with Crippen molar-refractivity contribution in [2.45, 2.75) is 26.2 Å². The van der Waals surface area contributed by atoms with Crippen molar-refractivity contribution in [1.29, 1.82) is 0 Å². The summed E-state index contributed by atoms with van der Waals surface area (Å²) in [5, 5.41) is 3.41. The Kier molecular flexibility index (Phi) is 8.65. The Morgan fingerprint density at radius 1 is 1.04 bits per heavy atom. The van der Waals surface area contributed by atoms with Crippen molar-refractivity contribution in [1.82, 2.24) is 5.32 Å². The van der Waals surface area contributed by atoms with Gasteiger partial charge in [-0.05, 0) is 49.1 Å². The standard InChI is InChI=1S/C21H24ClNO4/c1-2-26-19-6-4-3-5-17(19)9-12-21(25)27-15-20(24)23-14-13-16-7-10-18(22)11-8-16/h3-8,10-11H,2,9,12-15H2,1H3,(H,23,24). The van der Waals surface area contributed by atoms with Crippen LogP contribution < -0.4 is 10.1 Å². The van der Waals surface area contributed by atoms with E-state index in [1.165, 1.54) is 0 Å². The molecule has 0 aliphatic heterocycles. The Balaban J connectivity index is 1.64. The number of hydrogen-bond acceptors (Lipinski definition) is 4. The summed E-state index contributed by atoms with van der Waals surface area (Å²) in [6.45, 7) is 2.68. The highest BCUT2D eigenvalue weighted by Crippen LogP contribution is 2.19. The maximum absolute atomic E-state index is 11.9. The molecule has 0 atom stereocenters. The van der Waals surface area contributed by atoms with Crippen LogP contribution >= 0.6 is 11.6 Å². The number of amides is 1. The Morgan fingerprint density at radius 2 is 1.78 bits per heavy atom. The van der Waals surface area contributed by atoms with E-state index in [1.54, 1.807) is 0 Å². The minimum atomic E-state index is -0.408. The van der Waals surface area contributed by atoms with Crippen molar-refractivity contribution in [3.05, 3.63) is 64.7 Å². The predicted octanol–water partition coefficient (Wildman–Crippen LogP) is 3.57. The number of halogens is 1. The lowest BCUT2D eigenvalue weighted by Crippen LogP contribution is -2.30. The number of aryl methyl sites for hydroxylation is 1. The number of hydrogen-bond donors (Lipinski definition) is 1. The summed E-state index contributed by atoms with van der Waals surface area (Å²) in [6.07, 6.45) is 1.39. The maximum atomic E-state index is 11.9. The number of para-hydroxylation sites is 1. The number of benzene rings is 2. The van der Waals surface area contributed by atoms with Gasteiger partial charge in [-0.3, -0.25) is 9.59 Å². The van der Waals surface area contributed by atoms with Crippen LogP contribution in [0.5, 0.6) is 5.75 Å². The van der Waals surface area contributed by atoms with Crippen molar-refractivity contribution in [3.8, 4) is 5.75 Å². The van der Waals surface area contributed by atoms with E-state index in [2.05, 4.69) is 5.32 Å². The molecule has 2 rings (SSSR count). The molecule has 0 radical (unpaired) electrons. The molecular weight excluding hydrogens is 366 g/mol. The molecule has 0 unspecified atom stereocenters. The monoisotopic (exact) mass is 389 g/mol. The van der Waals surface area contributed by atoms with Gasteiger partial charge in [0.15, 0.2) is 6.61 Å². The lowest BCUT2D eigenvalue weighted by atomic mass is 10.1. The molecule has 1 amide bonds. The van der Waals surface area contributed by atoms with Crippen LogP contribution in [0, 0.1) is 0 Å². The van der Waals surface area contributed by atoms with E-state index in [0.29, 0.717) is 31.0 Å². The van der Waals surface area contributed by atoms with Gasteiger partial charge in [0.05, 0.1) is 6.61 Å². The first kappa shape index (κ1) is 20.8. The van der Waals surface area contributed by atoms with Crippen LogP contribution in [-0.2, 0) is 27.2 Å². The van der Waals surface area contributed by atoms with Crippen molar-refractivity contribution >= 4 is 23.5 Å². The van der Waals surface area contributed by atoms with Crippen molar-refractivity contribution in [2.24, 2.45) is 0 Å². The summed E-state index contributed by atoms with van der Waals surface area (Å²) in [4.78, 5) is 23.6. The molecule has 0 saturated carbocycles. The minimum Gasteiger partial charge on any atom is -0.494 e. The average Bonchev–Trinajstić information content (AvgIpc) is 2.67. The fourth-order valence-electron chi connectivity index (χ4n) is 2.51. The van der Waals surface area contributed by atoms with E-state index in [1.807, 2.05) is 55.5 Å². The molecule has 0 saturated heterocycles. The number of carbonyl (C=O) groups excluding carboxylic acids is 2. The molecule has 1 N–H and O–H groups in total. The van der Waals surface area contributed by atoms with Crippen molar-refractivity contribution < 1.29 is 19.1 Å². The SMILES string of the molecule is CCOc1ccccc1CCC(=O)OCC(=O)NCCc1ccc(Cl)cc1. The number of carbonyl (C=O) groups is 2. The highest BCUT2D eigenvalue weighted by molar-refractivity contribution is 6.30. The molecule has 0 fully saturated rings. The third-order valence-corrected chi connectivity index (χ3v) is 4.14. The molecule has 2 aromatic carbocycles. The molecule has 0 aliphatic rings. The van der Waals surface area contributed by atoms with Crippen molar-refractivity contribution in [3.63, 3.8) is 0 Å². The first-order chi connectivity index (χ1) is 13.1. The van der Waals surface area contributed by atoms with Gasteiger partial charge in [-0.15, -0.1) is 0 Å². The largest absolute Gasteiger partial charge is 0.494 e. The van der Waals surface area contributed by atoms with Crippen LogP contribution in [0.1, 0.15) is 24.5 Å². The first-order valence-electron chi connectivity index (χ1n) is 8.96. The normalized spacial score (nSPS) is 10.3. The average molecular weight is 390 g/mol. The summed E-state index contributed by atoms with van der Waals surface area (Å²) < 4.78 is 10.6. The smallest absolute Gasteiger partial charge is 0.306 e. The van der Waals surface area contributed by atoms with Gasteiger partial charge in [-0.25, -0.2) is 0 Å². The molecular formula is C21H24ClNO4. The zero-order valence-corrected chi connectivity index (χ0v) is 16.1. The Hall–Kier alpha value is -2.53. The molecule has 144 valence electrons. The molecule has 27 heavy (non-hydrogen) atoms. The van der Waals surface area contributed by atoms with E-state index >= 15 is 0 Å². The van der Waals surface area contributed by atoms with Crippen LogP contribution in [0.25, 0.3) is 0 Å². The van der Waals surface area contributed by atoms with Gasteiger partial charge >= 0.3 is 5.97 Å². The molecule has 5 nitrogen and oxygen atoms in total. The van der Waals surface area contributed by atoms with Gasteiger partial charge in [-0.1, -0.05) is 41.9 Å². The number of rotatable bonds is 10.